The Morgan fingerprint density at radius 3 is 2.64 bits per heavy atom. The van der Waals surface area contributed by atoms with Crippen LogP contribution in [0.15, 0.2) is 18.3 Å². The summed E-state index contributed by atoms with van der Waals surface area (Å²) in [4.78, 5) is 4.06. The molecule has 1 aromatic rings. The van der Waals surface area contributed by atoms with Gasteiger partial charge in [0.2, 0.25) is 0 Å². The van der Waals surface area contributed by atoms with Crippen LogP contribution in [-0.4, -0.2) is 4.98 Å². The topological polar surface area (TPSA) is 12.9 Å². The lowest BCUT2D eigenvalue weighted by molar-refractivity contribution is 0.564. The number of hydrogen-bond acceptors (Lipinski definition) is 1. The van der Waals surface area contributed by atoms with Gasteiger partial charge < -0.3 is 0 Å². The van der Waals surface area contributed by atoms with Gasteiger partial charge in [0.1, 0.15) is 0 Å². The molecule has 1 rings (SSSR count). The maximum atomic E-state index is 7.66. The van der Waals surface area contributed by atoms with E-state index in [0.29, 0.717) is 5.56 Å². The minimum absolute atomic E-state index is 0.0875. The summed E-state index contributed by atoms with van der Waals surface area (Å²) in [5.41, 5.74) is 1.27. The van der Waals surface area contributed by atoms with Gasteiger partial charge in [0.05, 0.1) is 4.11 Å². The molecular formula is C10H15N. The Hall–Kier alpha value is -0.850. The van der Waals surface area contributed by atoms with E-state index in [9.17, 15) is 0 Å². The van der Waals surface area contributed by atoms with Crippen LogP contribution >= 0.6 is 0 Å². The maximum absolute atomic E-state index is 7.66. The highest BCUT2D eigenvalue weighted by molar-refractivity contribution is 5.23. The van der Waals surface area contributed by atoms with E-state index in [2.05, 4.69) is 4.98 Å². The zero-order chi connectivity index (χ0) is 11.1. The number of hydrogen-bond donors (Lipinski definition) is 0. The lowest BCUT2D eigenvalue weighted by Crippen LogP contribution is -2.14. The fourth-order valence-electron chi connectivity index (χ4n) is 1.08. The van der Waals surface area contributed by atoms with Crippen molar-refractivity contribution in [2.45, 2.75) is 33.1 Å². The average Bonchev–Trinajstić information content (AvgIpc) is 2.06. The molecule has 0 N–H and O–H groups in total. The molecule has 0 atom stereocenters. The molecule has 0 spiro atoms. The lowest BCUT2D eigenvalue weighted by Gasteiger charge is -2.19. The minimum Gasteiger partial charge on any atom is -0.260 e. The van der Waals surface area contributed by atoms with Gasteiger partial charge in [0.25, 0.3) is 0 Å². The highest BCUT2D eigenvalue weighted by Gasteiger charge is 2.16. The van der Waals surface area contributed by atoms with Gasteiger partial charge in [-0.25, -0.2) is 0 Å². The second-order valence-corrected chi connectivity index (χ2v) is 3.70. The van der Waals surface area contributed by atoms with Crippen LogP contribution in [0.4, 0.5) is 0 Å². The fraction of sp³-hybridized carbons (Fsp3) is 0.500. The molecule has 1 nitrogen and oxygen atoms in total. The van der Waals surface area contributed by atoms with Gasteiger partial charge in [-0.3, -0.25) is 4.98 Å². The number of pyridine rings is 1. The maximum Gasteiger partial charge on any atom is 0.0840 e. The third-order valence-electron chi connectivity index (χ3n) is 1.54. The van der Waals surface area contributed by atoms with Crippen LogP contribution in [0.25, 0.3) is 0 Å². The van der Waals surface area contributed by atoms with Crippen molar-refractivity contribution >= 4 is 0 Å². The van der Waals surface area contributed by atoms with Crippen molar-refractivity contribution in [3.05, 3.63) is 29.5 Å². The summed E-state index contributed by atoms with van der Waals surface area (Å²) >= 11 is 0. The molecule has 0 saturated heterocycles. The first kappa shape index (κ1) is 4.91. The molecule has 1 aromatic heterocycles. The van der Waals surface area contributed by atoms with E-state index in [1.807, 2.05) is 20.8 Å². The third kappa shape index (κ3) is 1.79. The molecule has 11 heavy (non-hydrogen) atoms. The van der Waals surface area contributed by atoms with Crippen molar-refractivity contribution in [2.75, 3.05) is 0 Å². The molecular weight excluding hydrogens is 134 g/mol. The Bertz CT molecular complexity index is 367. The van der Waals surface area contributed by atoms with Crippen molar-refractivity contribution < 1.29 is 4.11 Å². The molecule has 1 heterocycles. The lowest BCUT2D eigenvalue weighted by atomic mass is 9.89. The van der Waals surface area contributed by atoms with E-state index < -0.39 is 0 Å². The average molecular weight is 152 g/mol. The largest absolute Gasteiger partial charge is 0.260 e. The summed E-state index contributed by atoms with van der Waals surface area (Å²) in [6, 6.07) is 0.0328. The molecule has 0 aliphatic heterocycles. The number of aromatic nitrogens is 1. The van der Waals surface area contributed by atoms with Gasteiger partial charge in [-0.05, 0) is 18.5 Å². The first-order valence-corrected chi connectivity index (χ1v) is 3.70. The molecule has 60 valence electrons. The molecule has 0 saturated carbocycles. The summed E-state index contributed by atoms with van der Waals surface area (Å²) in [5, 5.41) is 0. The van der Waals surface area contributed by atoms with Crippen LogP contribution in [0.5, 0.6) is 0 Å². The Labute approximate surface area is 72.7 Å². The van der Waals surface area contributed by atoms with Crippen molar-refractivity contribution in [1.82, 2.24) is 4.98 Å². The Balaban J connectivity index is 3.49. The predicted octanol–water partition coefficient (Wildman–Crippen LogP) is 2.69. The van der Waals surface area contributed by atoms with Gasteiger partial charge >= 0.3 is 0 Å². The minimum atomic E-state index is -0.177. The molecule has 1 heteroatoms. The summed E-state index contributed by atoms with van der Waals surface area (Å²) in [7, 11) is 0. The van der Waals surface area contributed by atoms with Gasteiger partial charge in [-0.2, -0.15) is 0 Å². The number of rotatable bonds is 0. The van der Waals surface area contributed by atoms with E-state index in [0.717, 1.165) is 5.69 Å². The molecule has 0 radical (unpaired) electrons. The monoisotopic (exact) mass is 152 g/mol. The van der Waals surface area contributed by atoms with E-state index >= 15 is 0 Å². The molecule has 0 unspecified atom stereocenters. The normalized spacial score (nSPS) is 15.5. The highest BCUT2D eigenvalue weighted by Crippen LogP contribution is 2.22. The third-order valence-corrected chi connectivity index (χ3v) is 1.54. The van der Waals surface area contributed by atoms with Gasteiger partial charge in [0.15, 0.2) is 0 Å². The Morgan fingerprint density at radius 2 is 2.09 bits per heavy atom. The molecule has 0 bridgehead atoms. The van der Waals surface area contributed by atoms with Crippen LogP contribution in [0.1, 0.15) is 36.1 Å². The Kier molecular flexibility index (Phi) is 1.18. The van der Waals surface area contributed by atoms with E-state index in [1.165, 1.54) is 0 Å². The molecule has 0 fully saturated rings. The first-order valence-electron chi connectivity index (χ1n) is 5.20. The molecule has 0 aromatic carbocycles. The highest BCUT2D eigenvalue weighted by atomic mass is 14.7. The zero-order valence-corrected chi connectivity index (χ0v) is 7.45. The van der Waals surface area contributed by atoms with Crippen LogP contribution in [-0.2, 0) is 5.41 Å². The standard InChI is InChI=1S/C10H15N/c1-8-6-5-7-11-9(8)10(2,3)4/h5-7H,1-4H3/i5D,6D,7D. The van der Waals surface area contributed by atoms with Crippen molar-refractivity contribution in [1.29, 1.82) is 0 Å². The van der Waals surface area contributed by atoms with E-state index in [-0.39, 0.29) is 23.7 Å². The van der Waals surface area contributed by atoms with Crippen LogP contribution in [0.3, 0.4) is 0 Å². The van der Waals surface area contributed by atoms with Crippen LogP contribution in [0.2, 0.25) is 0 Å². The fourth-order valence-corrected chi connectivity index (χ4v) is 1.08. The van der Waals surface area contributed by atoms with E-state index in [4.69, 9.17) is 4.11 Å². The van der Waals surface area contributed by atoms with Crippen LogP contribution in [0, 0.1) is 6.92 Å². The van der Waals surface area contributed by atoms with Gasteiger partial charge in [-0.1, -0.05) is 26.8 Å². The SMILES string of the molecule is [2H]c1nc(C(C)(C)C)c(C)c([2H])c1[2H]. The second-order valence-electron chi connectivity index (χ2n) is 3.70. The van der Waals surface area contributed by atoms with Crippen molar-refractivity contribution in [2.24, 2.45) is 0 Å². The summed E-state index contributed by atoms with van der Waals surface area (Å²) in [6.07, 6.45) is -0.106. The van der Waals surface area contributed by atoms with Crippen molar-refractivity contribution in [3.63, 3.8) is 0 Å². The first-order chi connectivity index (χ1) is 6.25. The van der Waals surface area contributed by atoms with Crippen LogP contribution < -0.4 is 0 Å². The zero-order valence-electron chi connectivity index (χ0n) is 10.4. The summed E-state index contributed by atoms with van der Waals surface area (Å²) in [5.74, 6) is 0. The van der Waals surface area contributed by atoms with E-state index in [1.54, 1.807) is 6.92 Å². The second kappa shape index (κ2) is 2.65. The molecule has 0 aliphatic rings. The summed E-state index contributed by atoms with van der Waals surface area (Å²) < 4.78 is 22.6. The quantitative estimate of drug-likeness (QED) is 0.557. The number of nitrogens with zero attached hydrogens (tertiary/aromatic N) is 1. The Morgan fingerprint density at radius 1 is 1.45 bits per heavy atom. The molecule has 0 aliphatic carbocycles. The predicted molar refractivity (Wildman–Crippen MR) is 47.7 cm³/mol. The molecule has 0 amide bonds. The van der Waals surface area contributed by atoms with Gasteiger partial charge in [-0.15, -0.1) is 0 Å². The van der Waals surface area contributed by atoms with Crippen molar-refractivity contribution in [3.8, 4) is 0 Å². The smallest absolute Gasteiger partial charge is 0.0840 e. The summed E-state index contributed by atoms with van der Waals surface area (Å²) in [6.45, 7) is 7.76. The van der Waals surface area contributed by atoms with Gasteiger partial charge in [0, 0.05) is 17.3 Å².